The number of ether oxygens (including phenoxy) is 1. The molecule has 1 saturated heterocycles. The molecule has 2 N–H and O–H groups in total. The molecule has 1 aliphatic rings. The van der Waals surface area contributed by atoms with E-state index in [9.17, 15) is 4.39 Å². The van der Waals surface area contributed by atoms with Crippen molar-refractivity contribution in [3.63, 3.8) is 0 Å². The highest BCUT2D eigenvalue weighted by atomic mass is 19.1. The number of halogens is 1. The second-order valence-electron chi connectivity index (χ2n) is 7.49. The Morgan fingerprint density at radius 2 is 2.10 bits per heavy atom. The van der Waals surface area contributed by atoms with Gasteiger partial charge in [0.25, 0.3) is 0 Å². The Morgan fingerprint density at radius 1 is 1.24 bits per heavy atom. The molecule has 0 spiro atoms. The van der Waals surface area contributed by atoms with Gasteiger partial charge in [-0.2, -0.15) is 0 Å². The first-order valence-electron chi connectivity index (χ1n) is 9.83. The number of rotatable bonds is 5. The van der Waals surface area contributed by atoms with E-state index in [0.717, 1.165) is 31.0 Å². The summed E-state index contributed by atoms with van der Waals surface area (Å²) in [7, 11) is 0. The number of benzene rings is 1. The lowest BCUT2D eigenvalue weighted by Gasteiger charge is -2.32. The van der Waals surface area contributed by atoms with Gasteiger partial charge < -0.3 is 20.3 Å². The van der Waals surface area contributed by atoms with Crippen LogP contribution in [0.15, 0.2) is 36.7 Å². The lowest BCUT2D eigenvalue weighted by molar-refractivity contribution is 0.243. The Balaban J connectivity index is 1.70. The van der Waals surface area contributed by atoms with Crippen LogP contribution >= 0.6 is 0 Å². The quantitative estimate of drug-likeness (QED) is 0.684. The Morgan fingerprint density at radius 3 is 2.90 bits per heavy atom. The average Bonchev–Trinajstić information content (AvgIpc) is 2.69. The van der Waals surface area contributed by atoms with E-state index in [2.05, 4.69) is 32.4 Å². The number of nitrogens with zero attached hydrogens (tertiary/aromatic N) is 4. The first kappa shape index (κ1) is 19.3. The maximum absolute atomic E-state index is 13.7. The van der Waals surface area contributed by atoms with Crippen LogP contribution in [0.5, 0.6) is 5.75 Å². The zero-order valence-electron chi connectivity index (χ0n) is 16.8. The van der Waals surface area contributed by atoms with Gasteiger partial charge in [-0.25, -0.2) is 19.3 Å². The molecule has 0 bridgehead atoms. The summed E-state index contributed by atoms with van der Waals surface area (Å²) in [4.78, 5) is 15.8. The molecule has 152 valence electrons. The molecular weight excluding hydrogens is 371 g/mol. The van der Waals surface area contributed by atoms with Crippen molar-refractivity contribution in [2.45, 2.75) is 32.9 Å². The summed E-state index contributed by atoms with van der Waals surface area (Å²) >= 11 is 0. The summed E-state index contributed by atoms with van der Waals surface area (Å²) in [5, 5.41) is 6.69. The number of hydrogen-bond donors (Lipinski definition) is 2. The third kappa shape index (κ3) is 4.37. The van der Waals surface area contributed by atoms with E-state index in [1.54, 1.807) is 6.07 Å². The van der Waals surface area contributed by atoms with Gasteiger partial charge in [0.1, 0.15) is 29.2 Å². The molecule has 1 atom stereocenters. The molecule has 7 nitrogen and oxygen atoms in total. The van der Waals surface area contributed by atoms with Crippen LogP contribution in [0.1, 0.15) is 20.8 Å². The van der Waals surface area contributed by atoms with Crippen molar-refractivity contribution in [2.24, 2.45) is 0 Å². The second-order valence-corrected chi connectivity index (χ2v) is 7.49. The lowest BCUT2D eigenvalue weighted by atomic mass is 10.2. The van der Waals surface area contributed by atoms with Crippen molar-refractivity contribution in [3.8, 4) is 5.75 Å². The van der Waals surface area contributed by atoms with Crippen LogP contribution in [0, 0.1) is 5.82 Å². The van der Waals surface area contributed by atoms with Gasteiger partial charge in [0.15, 0.2) is 5.82 Å². The van der Waals surface area contributed by atoms with Crippen LogP contribution in [0.2, 0.25) is 0 Å². The minimum Gasteiger partial charge on any atom is -0.489 e. The maximum atomic E-state index is 13.7. The average molecular weight is 396 g/mol. The predicted octanol–water partition coefficient (Wildman–Crippen LogP) is 3.49. The molecule has 1 aliphatic heterocycles. The van der Waals surface area contributed by atoms with E-state index in [1.807, 2.05) is 26.0 Å². The van der Waals surface area contributed by atoms with Crippen LogP contribution in [0.25, 0.3) is 11.0 Å². The number of anilines is 3. The van der Waals surface area contributed by atoms with Crippen LogP contribution in [0.3, 0.4) is 0 Å². The fourth-order valence-corrected chi connectivity index (χ4v) is 3.42. The normalized spacial score (nSPS) is 17.0. The molecule has 0 unspecified atom stereocenters. The van der Waals surface area contributed by atoms with Gasteiger partial charge in [0, 0.05) is 31.7 Å². The molecular formula is C21H25FN6O. The Bertz CT molecular complexity index is 1010. The summed E-state index contributed by atoms with van der Waals surface area (Å²) in [6.45, 7) is 8.66. The molecule has 2 aromatic heterocycles. The van der Waals surface area contributed by atoms with Crippen molar-refractivity contribution in [1.29, 1.82) is 0 Å². The topological polar surface area (TPSA) is 75.2 Å². The Labute approximate surface area is 169 Å². The van der Waals surface area contributed by atoms with Gasteiger partial charge in [-0.15, -0.1) is 0 Å². The molecule has 8 heteroatoms. The lowest BCUT2D eigenvalue weighted by Crippen LogP contribution is -2.49. The van der Waals surface area contributed by atoms with Gasteiger partial charge in [-0.1, -0.05) is 0 Å². The SMILES string of the molecule is CC(C)Oc1cc(F)ccc1Nc1ncnc2ccc(N3CCN[C@@H](C)C3)nc12. The monoisotopic (exact) mass is 396 g/mol. The van der Waals surface area contributed by atoms with E-state index in [1.165, 1.54) is 18.5 Å². The van der Waals surface area contributed by atoms with Gasteiger partial charge >= 0.3 is 0 Å². The maximum Gasteiger partial charge on any atom is 0.160 e. The number of piperazine rings is 1. The molecule has 3 aromatic rings. The van der Waals surface area contributed by atoms with E-state index in [-0.39, 0.29) is 11.9 Å². The molecule has 4 rings (SSSR count). The minimum absolute atomic E-state index is 0.0843. The largest absolute Gasteiger partial charge is 0.489 e. The van der Waals surface area contributed by atoms with Crippen LogP contribution < -0.4 is 20.3 Å². The van der Waals surface area contributed by atoms with Crippen LogP contribution in [-0.2, 0) is 0 Å². The number of pyridine rings is 1. The number of fused-ring (bicyclic) bond motifs is 1. The van der Waals surface area contributed by atoms with Gasteiger partial charge in [-0.3, -0.25) is 0 Å². The van der Waals surface area contributed by atoms with Crippen molar-refractivity contribution in [2.75, 3.05) is 29.9 Å². The van der Waals surface area contributed by atoms with Gasteiger partial charge in [0.05, 0.1) is 17.3 Å². The van der Waals surface area contributed by atoms with Crippen molar-refractivity contribution >= 4 is 28.4 Å². The van der Waals surface area contributed by atoms with Crippen molar-refractivity contribution in [1.82, 2.24) is 20.3 Å². The summed E-state index contributed by atoms with van der Waals surface area (Å²) in [5.41, 5.74) is 2.03. The van der Waals surface area contributed by atoms with E-state index in [4.69, 9.17) is 9.72 Å². The number of hydrogen-bond acceptors (Lipinski definition) is 7. The molecule has 0 saturated carbocycles. The number of nitrogens with one attached hydrogen (secondary N) is 2. The van der Waals surface area contributed by atoms with Crippen LogP contribution in [0.4, 0.5) is 21.7 Å². The van der Waals surface area contributed by atoms with E-state index < -0.39 is 0 Å². The highest BCUT2D eigenvalue weighted by Crippen LogP contribution is 2.31. The summed E-state index contributed by atoms with van der Waals surface area (Å²) in [6.07, 6.45) is 1.41. The van der Waals surface area contributed by atoms with Crippen LogP contribution in [-0.4, -0.2) is 46.7 Å². The summed E-state index contributed by atoms with van der Waals surface area (Å²) < 4.78 is 19.5. The van der Waals surface area contributed by atoms with E-state index in [0.29, 0.717) is 28.8 Å². The molecule has 0 aliphatic carbocycles. The molecule has 0 radical (unpaired) electrons. The third-order valence-corrected chi connectivity index (χ3v) is 4.72. The van der Waals surface area contributed by atoms with E-state index >= 15 is 0 Å². The van der Waals surface area contributed by atoms with Crippen molar-refractivity contribution < 1.29 is 9.13 Å². The fourth-order valence-electron chi connectivity index (χ4n) is 3.42. The molecule has 1 fully saturated rings. The Hall–Kier alpha value is -3.00. The molecule has 3 heterocycles. The smallest absolute Gasteiger partial charge is 0.160 e. The highest BCUT2D eigenvalue weighted by molar-refractivity contribution is 5.88. The first-order chi connectivity index (χ1) is 14.0. The van der Waals surface area contributed by atoms with Gasteiger partial charge in [0.2, 0.25) is 0 Å². The molecule has 0 amide bonds. The minimum atomic E-state index is -0.355. The number of aromatic nitrogens is 3. The molecule has 29 heavy (non-hydrogen) atoms. The van der Waals surface area contributed by atoms with Gasteiger partial charge in [-0.05, 0) is 45.0 Å². The Kier molecular flexibility index (Phi) is 5.44. The first-order valence-corrected chi connectivity index (χ1v) is 9.83. The zero-order valence-corrected chi connectivity index (χ0v) is 16.8. The summed E-state index contributed by atoms with van der Waals surface area (Å²) in [5.74, 6) is 1.52. The molecule has 1 aromatic carbocycles. The van der Waals surface area contributed by atoms with Crippen molar-refractivity contribution in [3.05, 3.63) is 42.5 Å². The predicted molar refractivity (Wildman–Crippen MR) is 112 cm³/mol. The second kappa shape index (κ2) is 8.16. The summed E-state index contributed by atoms with van der Waals surface area (Å²) in [6, 6.07) is 8.74. The third-order valence-electron chi connectivity index (χ3n) is 4.72. The fraction of sp³-hybridized carbons (Fsp3) is 0.381. The zero-order chi connectivity index (χ0) is 20.4. The highest BCUT2D eigenvalue weighted by Gasteiger charge is 2.18. The standard InChI is InChI=1S/C21H25FN6O/c1-13(2)29-18-10-15(22)4-5-16(18)26-21-20-17(24-12-25-21)6-7-19(27-20)28-9-8-23-14(3)11-28/h4-7,10,12-14,23H,8-9,11H2,1-3H3,(H,24,25,26)/t14-/m0/s1.